The highest BCUT2D eigenvalue weighted by atomic mass is 35.5. The zero-order valence-corrected chi connectivity index (χ0v) is 23.3. The molecule has 41 heavy (non-hydrogen) atoms. The van der Waals surface area contributed by atoms with Gasteiger partial charge in [0, 0.05) is 42.1 Å². The average Bonchev–Trinajstić information content (AvgIpc) is 3.48. The first-order chi connectivity index (χ1) is 19.8. The predicted octanol–water partition coefficient (Wildman–Crippen LogP) is 4.92. The minimum absolute atomic E-state index is 0.0426. The lowest BCUT2D eigenvalue weighted by atomic mass is 10.1. The topological polar surface area (TPSA) is 129 Å². The lowest BCUT2D eigenvalue weighted by Gasteiger charge is -2.15. The second kappa shape index (κ2) is 12.5. The largest absolute Gasteiger partial charge is 0.506 e. The van der Waals surface area contributed by atoms with E-state index in [0.717, 1.165) is 19.6 Å². The summed E-state index contributed by atoms with van der Waals surface area (Å²) in [6.45, 7) is 3.44. The highest BCUT2D eigenvalue weighted by Gasteiger charge is 2.18. The van der Waals surface area contributed by atoms with Gasteiger partial charge in [0.05, 0.1) is 22.6 Å². The molecule has 0 radical (unpaired) electrons. The van der Waals surface area contributed by atoms with E-state index in [1.54, 1.807) is 35.2 Å². The number of anilines is 2. The lowest BCUT2D eigenvalue weighted by Crippen LogP contribution is -2.29. The summed E-state index contributed by atoms with van der Waals surface area (Å²) in [4.78, 5) is 49.4. The summed E-state index contributed by atoms with van der Waals surface area (Å²) in [5, 5.41) is 16.3. The molecule has 0 unspecified atom stereocenters. The Morgan fingerprint density at radius 3 is 2.37 bits per heavy atom. The first-order valence-electron chi connectivity index (χ1n) is 12.9. The standard InChI is InChI=1S/C29H26Cl2N6O4/c30-20-7-8-23(33-15-20)28(40)34-24-13-21(31)14-25(38)26(24)35-27(39)19-5-3-18(4-6-19)22-16-32-17-37(29(22)41)12-11-36-9-1-2-10-36/h3-8,13-17,38H,1-2,9-12H2,(H,34,40)(H,35,39). The van der Waals surface area contributed by atoms with Gasteiger partial charge < -0.3 is 20.6 Å². The number of likely N-dealkylation sites (tertiary alicyclic amines) is 1. The molecule has 12 heteroatoms. The Kier molecular flexibility index (Phi) is 8.63. The van der Waals surface area contributed by atoms with Gasteiger partial charge in [0.2, 0.25) is 0 Å². The number of halogens is 2. The van der Waals surface area contributed by atoms with E-state index >= 15 is 0 Å². The van der Waals surface area contributed by atoms with E-state index in [0.29, 0.717) is 22.7 Å². The lowest BCUT2D eigenvalue weighted by molar-refractivity contribution is 0.101. The van der Waals surface area contributed by atoms with Crippen molar-refractivity contribution in [3.05, 3.63) is 98.9 Å². The SMILES string of the molecule is O=C(Nc1c(O)cc(Cl)cc1NC(=O)c1ccc(Cl)cn1)c1ccc(-c2cncn(CCN3CCCC3)c2=O)cc1. The van der Waals surface area contributed by atoms with Crippen LogP contribution in [0.2, 0.25) is 10.0 Å². The summed E-state index contributed by atoms with van der Waals surface area (Å²) in [6.07, 6.45) is 6.75. The van der Waals surface area contributed by atoms with E-state index in [-0.39, 0.29) is 39.0 Å². The summed E-state index contributed by atoms with van der Waals surface area (Å²) >= 11 is 11.9. The van der Waals surface area contributed by atoms with Crippen LogP contribution in [-0.2, 0) is 6.54 Å². The number of aromatic hydroxyl groups is 1. The van der Waals surface area contributed by atoms with Crippen molar-refractivity contribution < 1.29 is 14.7 Å². The van der Waals surface area contributed by atoms with Crippen molar-refractivity contribution in [2.75, 3.05) is 30.3 Å². The molecule has 5 rings (SSSR count). The van der Waals surface area contributed by atoms with Crippen molar-refractivity contribution in [3.8, 4) is 16.9 Å². The Morgan fingerprint density at radius 2 is 1.66 bits per heavy atom. The van der Waals surface area contributed by atoms with Crippen molar-refractivity contribution in [2.45, 2.75) is 19.4 Å². The van der Waals surface area contributed by atoms with E-state index in [4.69, 9.17) is 23.2 Å². The predicted molar refractivity (Wildman–Crippen MR) is 158 cm³/mol. The van der Waals surface area contributed by atoms with Gasteiger partial charge in [-0.05, 0) is 61.8 Å². The summed E-state index contributed by atoms with van der Waals surface area (Å²) in [5.74, 6) is -1.49. The number of amides is 2. The number of benzene rings is 2. The fourth-order valence-corrected chi connectivity index (χ4v) is 4.89. The van der Waals surface area contributed by atoms with Crippen LogP contribution in [0.1, 0.15) is 33.7 Å². The number of nitrogens with one attached hydrogen (secondary N) is 2. The van der Waals surface area contributed by atoms with Crippen LogP contribution in [0.15, 0.2) is 72.0 Å². The molecule has 3 N–H and O–H groups in total. The van der Waals surface area contributed by atoms with Gasteiger partial charge in [-0.1, -0.05) is 35.3 Å². The molecule has 1 fully saturated rings. The van der Waals surface area contributed by atoms with Gasteiger partial charge in [0.1, 0.15) is 17.1 Å². The smallest absolute Gasteiger partial charge is 0.274 e. The van der Waals surface area contributed by atoms with Crippen molar-refractivity contribution in [3.63, 3.8) is 0 Å². The van der Waals surface area contributed by atoms with Crippen LogP contribution in [0.3, 0.4) is 0 Å². The summed E-state index contributed by atoms with van der Waals surface area (Å²) in [5.41, 5.74) is 1.26. The number of phenolic OH excluding ortho intramolecular Hbond substituents is 1. The van der Waals surface area contributed by atoms with Crippen LogP contribution in [0.25, 0.3) is 11.1 Å². The fourth-order valence-electron chi connectivity index (χ4n) is 4.57. The maximum Gasteiger partial charge on any atom is 0.274 e. The molecule has 210 valence electrons. The number of carbonyl (C=O) groups is 2. The molecule has 0 spiro atoms. The van der Waals surface area contributed by atoms with Gasteiger partial charge in [-0.25, -0.2) is 9.97 Å². The zero-order chi connectivity index (χ0) is 28.9. The minimum Gasteiger partial charge on any atom is -0.506 e. The quantitative estimate of drug-likeness (QED) is 0.248. The maximum absolute atomic E-state index is 13.1. The number of carbonyl (C=O) groups excluding carboxylic acids is 2. The molecule has 0 aliphatic carbocycles. The molecule has 1 aliphatic heterocycles. The van der Waals surface area contributed by atoms with E-state index in [9.17, 15) is 19.5 Å². The second-order valence-electron chi connectivity index (χ2n) is 9.55. The van der Waals surface area contributed by atoms with Gasteiger partial charge in [0.15, 0.2) is 0 Å². The normalized spacial score (nSPS) is 13.2. The van der Waals surface area contributed by atoms with Crippen LogP contribution in [0, 0.1) is 0 Å². The van der Waals surface area contributed by atoms with Crippen molar-refractivity contribution >= 4 is 46.4 Å². The molecule has 4 aromatic rings. The second-order valence-corrected chi connectivity index (χ2v) is 10.4. The number of nitrogens with zero attached hydrogens (tertiary/aromatic N) is 4. The molecule has 0 saturated carbocycles. The molecule has 1 aliphatic rings. The highest BCUT2D eigenvalue weighted by molar-refractivity contribution is 6.31. The number of hydrogen-bond acceptors (Lipinski definition) is 7. The van der Waals surface area contributed by atoms with E-state index in [1.807, 2.05) is 0 Å². The minimum atomic E-state index is -0.592. The molecule has 3 heterocycles. The van der Waals surface area contributed by atoms with Gasteiger partial charge in [-0.15, -0.1) is 0 Å². The first kappa shape index (κ1) is 28.3. The van der Waals surface area contributed by atoms with Gasteiger partial charge in [-0.2, -0.15) is 0 Å². The van der Waals surface area contributed by atoms with Crippen LogP contribution >= 0.6 is 23.2 Å². The third-order valence-electron chi connectivity index (χ3n) is 6.74. The number of pyridine rings is 1. The third kappa shape index (κ3) is 6.74. The van der Waals surface area contributed by atoms with Crippen LogP contribution in [0.5, 0.6) is 5.75 Å². The van der Waals surface area contributed by atoms with E-state index < -0.39 is 11.8 Å². The van der Waals surface area contributed by atoms with Crippen LogP contribution < -0.4 is 16.2 Å². The fraction of sp³-hybridized carbons (Fsp3) is 0.207. The summed E-state index contributed by atoms with van der Waals surface area (Å²) < 4.78 is 1.60. The van der Waals surface area contributed by atoms with Crippen LogP contribution in [0.4, 0.5) is 11.4 Å². The van der Waals surface area contributed by atoms with E-state index in [2.05, 4.69) is 25.5 Å². The Hall–Kier alpha value is -4.25. The summed E-state index contributed by atoms with van der Waals surface area (Å²) in [7, 11) is 0. The molecule has 0 bridgehead atoms. The summed E-state index contributed by atoms with van der Waals surface area (Å²) in [6, 6.07) is 12.0. The molecular weight excluding hydrogens is 567 g/mol. The average molecular weight is 593 g/mol. The Labute approximate surface area is 245 Å². The van der Waals surface area contributed by atoms with Crippen molar-refractivity contribution in [1.29, 1.82) is 0 Å². The van der Waals surface area contributed by atoms with Gasteiger partial charge in [-0.3, -0.25) is 19.0 Å². The number of hydrogen-bond donors (Lipinski definition) is 3. The highest BCUT2D eigenvalue weighted by Crippen LogP contribution is 2.36. The molecular formula is C29H26Cl2N6O4. The third-order valence-corrected chi connectivity index (χ3v) is 7.19. The van der Waals surface area contributed by atoms with Gasteiger partial charge in [0.25, 0.3) is 17.4 Å². The molecule has 10 nitrogen and oxygen atoms in total. The molecule has 2 aromatic carbocycles. The number of rotatable bonds is 8. The molecule has 1 saturated heterocycles. The van der Waals surface area contributed by atoms with Crippen molar-refractivity contribution in [1.82, 2.24) is 19.4 Å². The maximum atomic E-state index is 13.1. The molecule has 0 atom stereocenters. The Morgan fingerprint density at radius 1 is 0.902 bits per heavy atom. The van der Waals surface area contributed by atoms with Gasteiger partial charge >= 0.3 is 0 Å². The first-order valence-corrected chi connectivity index (χ1v) is 13.7. The molecule has 2 amide bonds. The monoisotopic (exact) mass is 592 g/mol. The van der Waals surface area contributed by atoms with Crippen LogP contribution in [-0.4, -0.2) is 56.0 Å². The van der Waals surface area contributed by atoms with Crippen molar-refractivity contribution in [2.24, 2.45) is 0 Å². The number of phenols is 1. The Balaban J connectivity index is 1.32. The number of aromatic nitrogens is 3. The van der Waals surface area contributed by atoms with E-state index in [1.165, 1.54) is 49.5 Å². The zero-order valence-electron chi connectivity index (χ0n) is 21.8. The Bertz CT molecular complexity index is 1640. The molecule has 2 aromatic heterocycles.